The number of likely N-dealkylation sites (tertiary alicyclic amines) is 1. The molecule has 7 heteroatoms. The number of amides is 3. The molecule has 1 heterocycles. The minimum Gasteiger partial charge on any atom is -0.340 e. The van der Waals surface area contributed by atoms with Crippen molar-refractivity contribution in [1.29, 1.82) is 0 Å². The molecule has 1 N–H and O–H groups in total. The van der Waals surface area contributed by atoms with Crippen molar-refractivity contribution in [2.45, 2.75) is 26.3 Å². The SMILES string of the molecule is CC(C)[C@@H]1CN(C(=O)Cc2ccc(F)cc2Cl)C[C@H]1NC(=O)N(C)C. The van der Waals surface area contributed by atoms with Crippen LogP contribution in [-0.4, -0.2) is 55.0 Å². The molecule has 5 nitrogen and oxygen atoms in total. The molecule has 0 aromatic heterocycles. The summed E-state index contributed by atoms with van der Waals surface area (Å²) in [5.74, 6) is 0.0330. The maximum atomic E-state index is 13.1. The third kappa shape index (κ3) is 4.84. The van der Waals surface area contributed by atoms with Gasteiger partial charge in [-0.3, -0.25) is 4.79 Å². The Morgan fingerprint density at radius 3 is 2.60 bits per heavy atom. The van der Waals surface area contributed by atoms with Gasteiger partial charge in [0.25, 0.3) is 0 Å². The Labute approximate surface area is 153 Å². The highest BCUT2D eigenvalue weighted by molar-refractivity contribution is 6.31. The van der Waals surface area contributed by atoms with Gasteiger partial charge in [-0.1, -0.05) is 31.5 Å². The van der Waals surface area contributed by atoms with Crippen LogP contribution in [0.3, 0.4) is 0 Å². The van der Waals surface area contributed by atoms with Crippen LogP contribution in [0.15, 0.2) is 18.2 Å². The van der Waals surface area contributed by atoms with E-state index in [0.29, 0.717) is 24.6 Å². The lowest BCUT2D eigenvalue weighted by Gasteiger charge is -2.24. The van der Waals surface area contributed by atoms with E-state index in [1.165, 1.54) is 23.1 Å². The van der Waals surface area contributed by atoms with Crippen molar-refractivity contribution < 1.29 is 14.0 Å². The van der Waals surface area contributed by atoms with Crippen LogP contribution in [0.4, 0.5) is 9.18 Å². The van der Waals surface area contributed by atoms with Crippen molar-refractivity contribution in [3.05, 3.63) is 34.6 Å². The maximum absolute atomic E-state index is 13.1. The van der Waals surface area contributed by atoms with Gasteiger partial charge in [0, 0.05) is 38.1 Å². The number of benzene rings is 1. The van der Waals surface area contributed by atoms with E-state index >= 15 is 0 Å². The van der Waals surface area contributed by atoms with Crippen LogP contribution in [0, 0.1) is 17.7 Å². The number of hydrogen-bond donors (Lipinski definition) is 1. The summed E-state index contributed by atoms with van der Waals surface area (Å²) in [6.07, 6.45) is 0.123. The number of nitrogens with zero attached hydrogens (tertiary/aromatic N) is 2. The van der Waals surface area contributed by atoms with Crippen LogP contribution >= 0.6 is 11.6 Å². The Bertz CT molecular complexity index is 651. The first-order valence-electron chi connectivity index (χ1n) is 8.38. The fraction of sp³-hybridized carbons (Fsp3) is 0.556. The van der Waals surface area contributed by atoms with Crippen molar-refractivity contribution in [1.82, 2.24) is 15.1 Å². The zero-order chi connectivity index (χ0) is 18.7. The molecule has 3 amide bonds. The molecule has 25 heavy (non-hydrogen) atoms. The minimum atomic E-state index is -0.422. The molecule has 0 radical (unpaired) electrons. The Morgan fingerprint density at radius 1 is 1.36 bits per heavy atom. The summed E-state index contributed by atoms with van der Waals surface area (Å²) in [6.45, 7) is 5.24. The standard InChI is InChI=1S/C18H25ClFN3O2/c1-11(2)14-9-23(10-16(14)21-18(25)22(3)4)17(24)7-12-5-6-13(20)8-15(12)19/h5-6,8,11,14,16H,7,9-10H2,1-4H3,(H,21,25)/t14-,16+/m0/s1. The van der Waals surface area contributed by atoms with Crippen molar-refractivity contribution in [2.24, 2.45) is 11.8 Å². The third-order valence-corrected chi connectivity index (χ3v) is 5.00. The van der Waals surface area contributed by atoms with E-state index in [9.17, 15) is 14.0 Å². The largest absolute Gasteiger partial charge is 0.340 e. The summed E-state index contributed by atoms with van der Waals surface area (Å²) in [4.78, 5) is 27.8. The van der Waals surface area contributed by atoms with E-state index < -0.39 is 5.82 Å². The molecule has 0 unspecified atom stereocenters. The molecule has 1 aromatic carbocycles. The van der Waals surface area contributed by atoms with Crippen LogP contribution in [0.2, 0.25) is 5.02 Å². The first kappa shape index (κ1) is 19.5. The van der Waals surface area contributed by atoms with Crippen LogP contribution in [0.5, 0.6) is 0 Å². The topological polar surface area (TPSA) is 52.7 Å². The van der Waals surface area contributed by atoms with Gasteiger partial charge in [-0.15, -0.1) is 0 Å². The van der Waals surface area contributed by atoms with Crippen LogP contribution < -0.4 is 5.32 Å². The number of halogens is 2. The Balaban J connectivity index is 2.06. The fourth-order valence-electron chi connectivity index (χ4n) is 3.09. The second-order valence-electron chi connectivity index (χ2n) is 7.07. The Morgan fingerprint density at radius 2 is 2.04 bits per heavy atom. The number of carbonyl (C=O) groups is 2. The molecule has 0 saturated carbocycles. The fourth-order valence-corrected chi connectivity index (χ4v) is 3.32. The molecule has 0 bridgehead atoms. The van der Waals surface area contributed by atoms with E-state index in [0.717, 1.165) is 0 Å². The number of hydrogen-bond acceptors (Lipinski definition) is 2. The summed E-state index contributed by atoms with van der Waals surface area (Å²) in [5.41, 5.74) is 0.606. The lowest BCUT2D eigenvalue weighted by Crippen LogP contribution is -2.46. The van der Waals surface area contributed by atoms with Crippen molar-refractivity contribution in [3.8, 4) is 0 Å². The third-order valence-electron chi connectivity index (χ3n) is 4.65. The summed E-state index contributed by atoms with van der Waals surface area (Å²) in [6, 6.07) is 3.81. The second-order valence-corrected chi connectivity index (χ2v) is 7.48. The van der Waals surface area contributed by atoms with Gasteiger partial charge in [0.05, 0.1) is 12.5 Å². The molecule has 0 aliphatic carbocycles. The molecule has 138 valence electrons. The molecule has 1 saturated heterocycles. The van der Waals surface area contributed by atoms with E-state index in [1.54, 1.807) is 19.0 Å². The molecule has 2 atom stereocenters. The smallest absolute Gasteiger partial charge is 0.317 e. The number of nitrogens with one attached hydrogen (secondary N) is 1. The molecule has 1 fully saturated rings. The first-order valence-corrected chi connectivity index (χ1v) is 8.76. The van der Waals surface area contributed by atoms with Gasteiger partial charge >= 0.3 is 6.03 Å². The molecule has 0 spiro atoms. The van der Waals surface area contributed by atoms with Crippen molar-refractivity contribution >= 4 is 23.5 Å². The van der Waals surface area contributed by atoms with Gasteiger partial charge in [-0.25, -0.2) is 9.18 Å². The first-order chi connectivity index (χ1) is 11.7. The monoisotopic (exact) mass is 369 g/mol. The average Bonchev–Trinajstić information content (AvgIpc) is 2.94. The molecule has 2 rings (SSSR count). The normalized spacial score (nSPS) is 20.0. The van der Waals surface area contributed by atoms with Gasteiger partial charge < -0.3 is 15.1 Å². The maximum Gasteiger partial charge on any atom is 0.317 e. The summed E-state index contributed by atoms with van der Waals surface area (Å²) < 4.78 is 13.1. The van der Waals surface area contributed by atoms with Crippen molar-refractivity contribution in [2.75, 3.05) is 27.2 Å². The molecule has 1 aliphatic heterocycles. The van der Waals surface area contributed by atoms with Crippen LogP contribution in [0.1, 0.15) is 19.4 Å². The van der Waals surface area contributed by atoms with E-state index in [1.807, 2.05) is 0 Å². The van der Waals surface area contributed by atoms with E-state index in [4.69, 9.17) is 11.6 Å². The van der Waals surface area contributed by atoms with E-state index in [2.05, 4.69) is 19.2 Å². The number of rotatable bonds is 4. The summed E-state index contributed by atoms with van der Waals surface area (Å²) in [5, 5.41) is 3.25. The number of carbonyl (C=O) groups excluding carboxylic acids is 2. The zero-order valence-electron chi connectivity index (χ0n) is 15.1. The molecule has 1 aromatic rings. The lowest BCUT2D eigenvalue weighted by molar-refractivity contribution is -0.129. The Hall–Kier alpha value is -1.82. The second kappa shape index (κ2) is 8.04. The summed E-state index contributed by atoms with van der Waals surface area (Å²) in [7, 11) is 3.38. The zero-order valence-corrected chi connectivity index (χ0v) is 15.8. The molecular formula is C18H25ClFN3O2. The average molecular weight is 370 g/mol. The van der Waals surface area contributed by atoms with Gasteiger partial charge in [0.1, 0.15) is 5.82 Å². The summed E-state index contributed by atoms with van der Waals surface area (Å²) >= 11 is 6.02. The lowest BCUT2D eigenvalue weighted by atomic mass is 9.91. The van der Waals surface area contributed by atoms with Gasteiger partial charge in [0.15, 0.2) is 0 Å². The van der Waals surface area contributed by atoms with Gasteiger partial charge in [0.2, 0.25) is 5.91 Å². The highest BCUT2D eigenvalue weighted by atomic mass is 35.5. The van der Waals surface area contributed by atoms with Gasteiger partial charge in [-0.05, 0) is 23.6 Å². The number of urea groups is 1. The van der Waals surface area contributed by atoms with Gasteiger partial charge in [-0.2, -0.15) is 0 Å². The highest BCUT2D eigenvalue weighted by Gasteiger charge is 2.37. The predicted molar refractivity (Wildman–Crippen MR) is 96.0 cm³/mol. The van der Waals surface area contributed by atoms with E-state index in [-0.39, 0.29) is 35.3 Å². The Kier molecular flexibility index (Phi) is 6.27. The van der Waals surface area contributed by atoms with Crippen molar-refractivity contribution in [3.63, 3.8) is 0 Å². The quantitative estimate of drug-likeness (QED) is 0.887. The highest BCUT2D eigenvalue weighted by Crippen LogP contribution is 2.26. The molecular weight excluding hydrogens is 345 g/mol. The predicted octanol–water partition coefficient (Wildman–Crippen LogP) is 2.78. The molecule has 1 aliphatic rings. The van der Waals surface area contributed by atoms with Crippen LogP contribution in [0.25, 0.3) is 0 Å². The van der Waals surface area contributed by atoms with Crippen LogP contribution in [-0.2, 0) is 11.2 Å². The minimum absolute atomic E-state index is 0.0687.